The van der Waals surface area contributed by atoms with Crippen molar-refractivity contribution in [1.29, 1.82) is 0 Å². The Labute approximate surface area is 166 Å². The SMILES string of the molecule is CCNC(=O)N1CCN(Cc2csc(-c3cc(Br)ccc3OC)n2)CC1. The summed E-state index contributed by atoms with van der Waals surface area (Å²) >= 11 is 5.14. The molecular weight excluding hydrogens is 416 g/mol. The molecule has 8 heteroatoms. The third-order valence-corrected chi connectivity index (χ3v) is 5.73. The monoisotopic (exact) mass is 438 g/mol. The van der Waals surface area contributed by atoms with E-state index in [-0.39, 0.29) is 6.03 Å². The van der Waals surface area contributed by atoms with Gasteiger partial charge < -0.3 is 15.0 Å². The average molecular weight is 439 g/mol. The molecule has 1 aromatic carbocycles. The Bertz CT molecular complexity index is 759. The van der Waals surface area contributed by atoms with Gasteiger partial charge in [-0.25, -0.2) is 9.78 Å². The molecule has 1 aromatic heterocycles. The second-order valence-corrected chi connectivity index (χ2v) is 7.86. The van der Waals surface area contributed by atoms with Crippen LogP contribution in [-0.4, -0.2) is 60.6 Å². The van der Waals surface area contributed by atoms with Crippen LogP contribution in [0.15, 0.2) is 28.1 Å². The number of methoxy groups -OCH3 is 1. The molecule has 0 bridgehead atoms. The van der Waals surface area contributed by atoms with Crippen LogP contribution in [0.25, 0.3) is 10.6 Å². The van der Waals surface area contributed by atoms with Crippen LogP contribution in [0.2, 0.25) is 0 Å². The Morgan fingerprint density at radius 2 is 2.12 bits per heavy atom. The number of hydrogen-bond acceptors (Lipinski definition) is 5. The van der Waals surface area contributed by atoms with E-state index in [1.54, 1.807) is 18.4 Å². The van der Waals surface area contributed by atoms with Crippen LogP contribution in [0, 0.1) is 0 Å². The molecule has 2 amide bonds. The zero-order chi connectivity index (χ0) is 18.5. The molecule has 1 aliphatic heterocycles. The summed E-state index contributed by atoms with van der Waals surface area (Å²) in [5.41, 5.74) is 2.05. The number of hydrogen-bond donors (Lipinski definition) is 1. The van der Waals surface area contributed by atoms with E-state index in [1.807, 2.05) is 30.0 Å². The Hall–Kier alpha value is -1.64. The molecule has 0 aliphatic carbocycles. The Kier molecular flexibility index (Phi) is 6.50. The molecule has 1 saturated heterocycles. The van der Waals surface area contributed by atoms with Crippen LogP contribution in [0.5, 0.6) is 5.75 Å². The second kappa shape index (κ2) is 8.83. The van der Waals surface area contributed by atoms with Crippen LogP contribution in [0.4, 0.5) is 4.79 Å². The van der Waals surface area contributed by atoms with Gasteiger partial charge in [0.05, 0.1) is 18.4 Å². The first-order chi connectivity index (χ1) is 12.6. The zero-order valence-electron chi connectivity index (χ0n) is 15.0. The summed E-state index contributed by atoms with van der Waals surface area (Å²) in [7, 11) is 1.68. The summed E-state index contributed by atoms with van der Waals surface area (Å²) < 4.78 is 6.47. The highest BCUT2D eigenvalue weighted by atomic mass is 79.9. The van der Waals surface area contributed by atoms with E-state index < -0.39 is 0 Å². The number of carbonyl (C=O) groups excluding carboxylic acids is 1. The molecule has 0 atom stereocenters. The number of piperazine rings is 1. The lowest BCUT2D eigenvalue weighted by atomic mass is 10.2. The van der Waals surface area contributed by atoms with Crippen LogP contribution in [0.1, 0.15) is 12.6 Å². The lowest BCUT2D eigenvalue weighted by Crippen LogP contribution is -2.51. The number of urea groups is 1. The lowest BCUT2D eigenvalue weighted by molar-refractivity contribution is 0.135. The molecule has 3 rings (SSSR count). The van der Waals surface area contributed by atoms with E-state index in [0.29, 0.717) is 6.54 Å². The second-order valence-electron chi connectivity index (χ2n) is 6.09. The minimum Gasteiger partial charge on any atom is -0.496 e. The largest absolute Gasteiger partial charge is 0.496 e. The minimum absolute atomic E-state index is 0.0323. The molecule has 1 aliphatic rings. The highest BCUT2D eigenvalue weighted by Gasteiger charge is 2.21. The summed E-state index contributed by atoms with van der Waals surface area (Å²) in [5.74, 6) is 0.824. The predicted octanol–water partition coefficient (Wildman–Crippen LogP) is 3.43. The number of ether oxygens (including phenoxy) is 1. The number of aromatic nitrogens is 1. The van der Waals surface area contributed by atoms with Gasteiger partial charge in [-0.3, -0.25) is 4.90 Å². The van der Waals surface area contributed by atoms with Gasteiger partial charge in [0, 0.05) is 49.1 Å². The standard InChI is InChI=1S/C18H23BrN4O2S/c1-3-20-18(24)23-8-6-22(7-9-23)11-14-12-26-17(21-14)15-10-13(19)4-5-16(15)25-2/h4-5,10,12H,3,6-9,11H2,1-2H3,(H,20,24). The first kappa shape index (κ1) is 19.1. The highest BCUT2D eigenvalue weighted by Crippen LogP contribution is 2.34. The van der Waals surface area contributed by atoms with Gasteiger partial charge in [0.1, 0.15) is 10.8 Å². The molecule has 2 aromatic rings. The van der Waals surface area contributed by atoms with Crippen LogP contribution >= 0.6 is 27.3 Å². The fourth-order valence-electron chi connectivity index (χ4n) is 2.95. The molecule has 0 saturated carbocycles. The summed E-state index contributed by atoms with van der Waals surface area (Å²) in [5, 5.41) is 5.92. The van der Waals surface area contributed by atoms with E-state index in [2.05, 4.69) is 31.5 Å². The summed E-state index contributed by atoms with van der Waals surface area (Å²) in [6, 6.07) is 5.98. The summed E-state index contributed by atoms with van der Waals surface area (Å²) in [6.45, 7) is 6.64. The molecule has 6 nitrogen and oxygen atoms in total. The van der Waals surface area contributed by atoms with Gasteiger partial charge in [-0.15, -0.1) is 11.3 Å². The maximum Gasteiger partial charge on any atom is 0.317 e. The first-order valence-corrected chi connectivity index (χ1v) is 10.3. The predicted molar refractivity (Wildman–Crippen MR) is 108 cm³/mol. The molecule has 0 radical (unpaired) electrons. The number of benzene rings is 1. The summed E-state index contributed by atoms with van der Waals surface area (Å²) in [6.07, 6.45) is 0. The molecular formula is C18H23BrN4O2S. The minimum atomic E-state index is 0.0323. The van der Waals surface area contributed by atoms with Crippen molar-refractivity contribution < 1.29 is 9.53 Å². The normalized spacial score (nSPS) is 15.1. The van der Waals surface area contributed by atoms with E-state index in [4.69, 9.17) is 9.72 Å². The molecule has 0 unspecified atom stereocenters. The molecule has 26 heavy (non-hydrogen) atoms. The van der Waals surface area contributed by atoms with Gasteiger partial charge in [0.2, 0.25) is 0 Å². The first-order valence-electron chi connectivity index (χ1n) is 8.64. The van der Waals surface area contributed by atoms with Crippen molar-refractivity contribution in [1.82, 2.24) is 20.1 Å². The topological polar surface area (TPSA) is 57.7 Å². The number of nitrogens with zero attached hydrogens (tertiary/aromatic N) is 3. The van der Waals surface area contributed by atoms with Crippen molar-refractivity contribution >= 4 is 33.3 Å². The van der Waals surface area contributed by atoms with Crippen molar-refractivity contribution in [3.63, 3.8) is 0 Å². The van der Waals surface area contributed by atoms with Crippen molar-refractivity contribution in [2.24, 2.45) is 0 Å². The van der Waals surface area contributed by atoms with E-state index in [0.717, 1.165) is 59.2 Å². The maximum atomic E-state index is 11.9. The van der Waals surface area contributed by atoms with Gasteiger partial charge in [-0.05, 0) is 25.1 Å². The molecule has 2 heterocycles. The van der Waals surface area contributed by atoms with Crippen LogP contribution in [0.3, 0.4) is 0 Å². The highest BCUT2D eigenvalue weighted by molar-refractivity contribution is 9.10. The quantitative estimate of drug-likeness (QED) is 0.776. The number of nitrogens with one attached hydrogen (secondary N) is 1. The molecule has 1 fully saturated rings. The molecule has 0 spiro atoms. The average Bonchev–Trinajstić information content (AvgIpc) is 3.11. The van der Waals surface area contributed by atoms with Gasteiger partial charge in [-0.2, -0.15) is 0 Å². The van der Waals surface area contributed by atoms with Gasteiger partial charge in [0.15, 0.2) is 0 Å². The number of amides is 2. The number of carbonyl (C=O) groups is 1. The number of rotatable bonds is 5. The molecule has 1 N–H and O–H groups in total. The number of halogens is 1. The lowest BCUT2D eigenvalue weighted by Gasteiger charge is -2.34. The summed E-state index contributed by atoms with van der Waals surface area (Å²) in [4.78, 5) is 20.9. The van der Waals surface area contributed by atoms with Gasteiger partial charge in [-0.1, -0.05) is 15.9 Å². The third kappa shape index (κ3) is 4.55. The van der Waals surface area contributed by atoms with Crippen molar-refractivity contribution in [3.8, 4) is 16.3 Å². The van der Waals surface area contributed by atoms with Crippen LogP contribution < -0.4 is 10.1 Å². The Morgan fingerprint density at radius 1 is 1.35 bits per heavy atom. The smallest absolute Gasteiger partial charge is 0.317 e. The Morgan fingerprint density at radius 3 is 2.81 bits per heavy atom. The van der Waals surface area contributed by atoms with Crippen molar-refractivity contribution in [2.45, 2.75) is 13.5 Å². The van der Waals surface area contributed by atoms with E-state index in [9.17, 15) is 4.79 Å². The number of thiazole rings is 1. The van der Waals surface area contributed by atoms with Gasteiger partial charge >= 0.3 is 6.03 Å². The third-order valence-electron chi connectivity index (χ3n) is 4.32. The van der Waals surface area contributed by atoms with Crippen molar-refractivity contribution in [2.75, 3.05) is 39.8 Å². The molecule has 140 valence electrons. The fraction of sp³-hybridized carbons (Fsp3) is 0.444. The van der Waals surface area contributed by atoms with E-state index >= 15 is 0 Å². The van der Waals surface area contributed by atoms with Crippen molar-refractivity contribution in [3.05, 3.63) is 33.7 Å². The maximum absolute atomic E-state index is 11.9. The van der Waals surface area contributed by atoms with Crippen LogP contribution in [-0.2, 0) is 6.54 Å². The van der Waals surface area contributed by atoms with E-state index in [1.165, 1.54) is 0 Å². The zero-order valence-corrected chi connectivity index (χ0v) is 17.4. The van der Waals surface area contributed by atoms with Gasteiger partial charge in [0.25, 0.3) is 0 Å². The Balaban J connectivity index is 1.62. The fourth-order valence-corrected chi connectivity index (χ4v) is 4.14.